The largest absolute Gasteiger partial charge is 0.484 e. The number of methoxy groups -OCH3 is 1. The zero-order valence-electron chi connectivity index (χ0n) is 11.8. The van der Waals surface area contributed by atoms with Gasteiger partial charge in [-0.1, -0.05) is 12.1 Å². The minimum Gasteiger partial charge on any atom is -0.484 e. The highest BCUT2D eigenvalue weighted by Crippen LogP contribution is 2.16. The molecule has 2 aromatic rings. The maximum Gasteiger partial charge on any atom is 0.339 e. The Bertz CT molecular complexity index is 670. The molecule has 0 aliphatic rings. The molecule has 0 heterocycles. The van der Waals surface area contributed by atoms with Crippen LogP contribution in [0.25, 0.3) is 0 Å². The fraction of sp³-hybridized carbons (Fsp3) is 0.125. The number of esters is 1. The van der Waals surface area contributed by atoms with E-state index in [0.29, 0.717) is 11.4 Å². The molecule has 6 heteroatoms. The number of ether oxygens (including phenoxy) is 2. The monoisotopic (exact) mass is 303 g/mol. The van der Waals surface area contributed by atoms with Gasteiger partial charge < -0.3 is 14.8 Å². The number of rotatable bonds is 5. The Morgan fingerprint density at radius 2 is 1.77 bits per heavy atom. The first kappa shape index (κ1) is 15.5. The fourth-order valence-electron chi connectivity index (χ4n) is 1.75. The molecule has 0 aliphatic heterocycles. The fourth-order valence-corrected chi connectivity index (χ4v) is 1.75. The summed E-state index contributed by atoms with van der Waals surface area (Å²) in [7, 11) is 1.26. The van der Waals surface area contributed by atoms with Gasteiger partial charge in [0, 0.05) is 0 Å². The van der Waals surface area contributed by atoms with Gasteiger partial charge in [-0.3, -0.25) is 4.79 Å². The van der Waals surface area contributed by atoms with E-state index in [2.05, 4.69) is 10.1 Å². The van der Waals surface area contributed by atoms with Crippen LogP contribution in [0.2, 0.25) is 0 Å². The zero-order valence-corrected chi connectivity index (χ0v) is 11.8. The summed E-state index contributed by atoms with van der Waals surface area (Å²) in [5.74, 6) is -1.00. The summed E-state index contributed by atoms with van der Waals surface area (Å²) in [4.78, 5) is 23.4. The van der Waals surface area contributed by atoms with Crippen LogP contribution >= 0.6 is 0 Å². The van der Waals surface area contributed by atoms with Crippen LogP contribution in [-0.2, 0) is 9.53 Å². The van der Waals surface area contributed by atoms with E-state index in [1.807, 2.05) is 0 Å². The van der Waals surface area contributed by atoms with Gasteiger partial charge in [-0.2, -0.15) is 0 Å². The number of amides is 1. The maximum atomic E-state index is 12.7. The molecular weight excluding hydrogens is 289 g/mol. The van der Waals surface area contributed by atoms with Crippen LogP contribution < -0.4 is 10.1 Å². The molecule has 114 valence electrons. The third-order valence-corrected chi connectivity index (χ3v) is 2.79. The van der Waals surface area contributed by atoms with E-state index < -0.39 is 11.9 Å². The van der Waals surface area contributed by atoms with Crippen LogP contribution in [0.5, 0.6) is 5.75 Å². The van der Waals surface area contributed by atoms with Gasteiger partial charge in [-0.25, -0.2) is 9.18 Å². The third kappa shape index (κ3) is 4.05. The molecule has 0 aliphatic carbocycles. The normalized spacial score (nSPS) is 9.91. The Morgan fingerprint density at radius 1 is 1.09 bits per heavy atom. The molecule has 2 rings (SSSR count). The second kappa shape index (κ2) is 7.21. The Hall–Kier alpha value is -2.89. The number of benzene rings is 2. The lowest BCUT2D eigenvalue weighted by Gasteiger charge is -2.10. The van der Waals surface area contributed by atoms with Gasteiger partial charge in [-0.15, -0.1) is 0 Å². The van der Waals surface area contributed by atoms with Gasteiger partial charge in [0.2, 0.25) is 0 Å². The van der Waals surface area contributed by atoms with Crippen molar-refractivity contribution < 1.29 is 23.5 Å². The van der Waals surface area contributed by atoms with E-state index in [4.69, 9.17) is 4.74 Å². The van der Waals surface area contributed by atoms with Crippen LogP contribution in [0.4, 0.5) is 10.1 Å². The Labute approximate surface area is 126 Å². The Morgan fingerprint density at radius 3 is 2.45 bits per heavy atom. The molecule has 0 saturated heterocycles. The van der Waals surface area contributed by atoms with Crippen LogP contribution in [0.15, 0.2) is 48.5 Å². The summed E-state index contributed by atoms with van der Waals surface area (Å²) in [6.45, 7) is -0.263. The van der Waals surface area contributed by atoms with Crippen molar-refractivity contribution in [3.05, 3.63) is 59.9 Å². The molecule has 0 saturated carbocycles. The summed E-state index contributed by atoms with van der Waals surface area (Å²) in [5, 5.41) is 2.57. The summed E-state index contributed by atoms with van der Waals surface area (Å²) in [5.41, 5.74) is 0.585. The van der Waals surface area contributed by atoms with Crippen molar-refractivity contribution in [2.24, 2.45) is 0 Å². The average molecular weight is 303 g/mol. The molecule has 0 atom stereocenters. The molecule has 2 aromatic carbocycles. The van der Waals surface area contributed by atoms with Crippen molar-refractivity contribution in [3.8, 4) is 5.75 Å². The first-order valence-electron chi connectivity index (χ1n) is 6.45. The second-order valence-corrected chi connectivity index (χ2v) is 4.33. The van der Waals surface area contributed by atoms with Crippen molar-refractivity contribution in [3.63, 3.8) is 0 Å². The lowest BCUT2D eigenvalue weighted by Crippen LogP contribution is -2.21. The number of anilines is 1. The molecule has 0 aromatic heterocycles. The summed E-state index contributed by atoms with van der Waals surface area (Å²) in [6.07, 6.45) is 0. The predicted octanol–water partition coefficient (Wildman–Crippen LogP) is 2.63. The van der Waals surface area contributed by atoms with Gasteiger partial charge in [0.15, 0.2) is 6.61 Å². The van der Waals surface area contributed by atoms with Crippen LogP contribution in [0, 0.1) is 5.82 Å². The van der Waals surface area contributed by atoms with E-state index in [0.717, 1.165) is 0 Å². The van der Waals surface area contributed by atoms with Crippen LogP contribution in [0.1, 0.15) is 10.4 Å². The quantitative estimate of drug-likeness (QED) is 0.862. The van der Waals surface area contributed by atoms with Gasteiger partial charge in [0.25, 0.3) is 5.91 Å². The molecular formula is C16H14FNO4. The van der Waals surface area contributed by atoms with E-state index in [1.165, 1.54) is 31.4 Å². The number of halogens is 1. The molecule has 0 spiro atoms. The molecule has 5 nitrogen and oxygen atoms in total. The van der Waals surface area contributed by atoms with Crippen LogP contribution in [0.3, 0.4) is 0 Å². The highest BCUT2D eigenvalue weighted by Gasteiger charge is 2.13. The van der Waals surface area contributed by atoms with Crippen molar-refractivity contribution in [2.45, 2.75) is 0 Å². The lowest BCUT2D eigenvalue weighted by atomic mass is 10.2. The smallest absolute Gasteiger partial charge is 0.339 e. The highest BCUT2D eigenvalue weighted by molar-refractivity contribution is 6.01. The van der Waals surface area contributed by atoms with Gasteiger partial charge >= 0.3 is 5.97 Å². The first-order chi connectivity index (χ1) is 10.6. The molecule has 0 radical (unpaired) electrons. The minimum absolute atomic E-state index is 0.250. The second-order valence-electron chi connectivity index (χ2n) is 4.33. The molecule has 1 N–H and O–H groups in total. The average Bonchev–Trinajstić information content (AvgIpc) is 2.54. The lowest BCUT2D eigenvalue weighted by molar-refractivity contribution is -0.118. The molecule has 0 fully saturated rings. The SMILES string of the molecule is COC(=O)c1ccccc1NC(=O)COc1ccc(F)cc1. The Kier molecular flexibility index (Phi) is 5.08. The molecule has 22 heavy (non-hydrogen) atoms. The van der Waals surface area contributed by atoms with Crippen molar-refractivity contribution in [2.75, 3.05) is 19.0 Å². The number of hydrogen-bond acceptors (Lipinski definition) is 4. The summed E-state index contributed by atoms with van der Waals surface area (Å²) in [6, 6.07) is 11.8. The molecule has 0 unspecified atom stereocenters. The molecule has 1 amide bonds. The van der Waals surface area contributed by atoms with E-state index in [1.54, 1.807) is 24.3 Å². The van der Waals surface area contributed by atoms with Gasteiger partial charge in [0.1, 0.15) is 11.6 Å². The topological polar surface area (TPSA) is 64.6 Å². The highest BCUT2D eigenvalue weighted by atomic mass is 19.1. The van der Waals surface area contributed by atoms with Gasteiger partial charge in [0.05, 0.1) is 18.4 Å². The number of carbonyl (C=O) groups is 2. The van der Waals surface area contributed by atoms with Crippen molar-refractivity contribution >= 4 is 17.6 Å². The van der Waals surface area contributed by atoms with E-state index in [-0.39, 0.29) is 18.0 Å². The number of hydrogen-bond donors (Lipinski definition) is 1. The van der Waals surface area contributed by atoms with Crippen LogP contribution in [-0.4, -0.2) is 25.6 Å². The van der Waals surface area contributed by atoms with E-state index >= 15 is 0 Å². The number of carbonyl (C=O) groups excluding carboxylic acids is 2. The standard InChI is InChI=1S/C16H14FNO4/c1-21-16(20)13-4-2-3-5-14(13)18-15(19)10-22-12-8-6-11(17)7-9-12/h2-9H,10H2,1H3,(H,18,19). The third-order valence-electron chi connectivity index (χ3n) is 2.79. The minimum atomic E-state index is -0.546. The maximum absolute atomic E-state index is 12.7. The van der Waals surface area contributed by atoms with E-state index in [9.17, 15) is 14.0 Å². The zero-order chi connectivity index (χ0) is 15.9. The first-order valence-corrected chi connectivity index (χ1v) is 6.45. The number of para-hydroxylation sites is 1. The van der Waals surface area contributed by atoms with Crippen molar-refractivity contribution in [1.29, 1.82) is 0 Å². The van der Waals surface area contributed by atoms with Gasteiger partial charge in [-0.05, 0) is 36.4 Å². The summed E-state index contributed by atoms with van der Waals surface area (Å²) >= 11 is 0. The summed E-state index contributed by atoms with van der Waals surface area (Å²) < 4.78 is 22.6. The number of nitrogens with one attached hydrogen (secondary N) is 1. The van der Waals surface area contributed by atoms with Crippen molar-refractivity contribution in [1.82, 2.24) is 0 Å². The Balaban J connectivity index is 1.97. The predicted molar refractivity (Wildman–Crippen MR) is 78.3 cm³/mol. The molecule has 0 bridgehead atoms.